The van der Waals surface area contributed by atoms with Gasteiger partial charge in [-0.3, -0.25) is 0 Å². The molecule has 0 saturated heterocycles. The molecule has 0 aliphatic heterocycles. The van der Waals surface area contributed by atoms with E-state index in [4.69, 9.17) is 21.5 Å². The van der Waals surface area contributed by atoms with Gasteiger partial charge in [-0.1, -0.05) is 29.8 Å². The van der Waals surface area contributed by atoms with Gasteiger partial charge in [0, 0.05) is 11.6 Å². The van der Waals surface area contributed by atoms with E-state index in [1.165, 1.54) is 12.1 Å². The highest BCUT2D eigenvalue weighted by Gasteiger charge is 2.13. The third-order valence-corrected chi connectivity index (χ3v) is 4.57. The van der Waals surface area contributed by atoms with Crippen LogP contribution in [0.1, 0.15) is 12.0 Å². The highest BCUT2D eigenvalue weighted by molar-refractivity contribution is 7.89. The number of sulfonamides is 1. The minimum atomic E-state index is -3.86. The molecule has 0 atom stereocenters. The molecule has 0 saturated carbocycles. The molecule has 2 aromatic rings. The van der Waals surface area contributed by atoms with Crippen LogP contribution in [0.2, 0.25) is 5.02 Å². The monoisotopic (exact) mass is 400 g/mol. The zero-order valence-electron chi connectivity index (χ0n) is 13.6. The molecular formula is C16H17ClN2O6S. The molecule has 0 unspecified atom stereocenters. The normalized spacial score (nSPS) is 11.3. The summed E-state index contributed by atoms with van der Waals surface area (Å²) in [6.07, 6.45) is 0.322. The molecule has 10 heteroatoms. The van der Waals surface area contributed by atoms with Crippen molar-refractivity contribution in [2.45, 2.75) is 17.9 Å². The zero-order chi connectivity index (χ0) is 19.2. The lowest BCUT2D eigenvalue weighted by atomic mass is 10.0. The van der Waals surface area contributed by atoms with Gasteiger partial charge in [0.1, 0.15) is 0 Å². The first-order valence-electron chi connectivity index (χ1n) is 7.54. The molecule has 0 aliphatic carbocycles. The number of rotatable bonds is 9. The molecule has 0 heterocycles. The Bertz CT molecular complexity index is 888. The highest BCUT2D eigenvalue weighted by Crippen LogP contribution is 2.28. The van der Waals surface area contributed by atoms with Crippen molar-refractivity contribution in [1.29, 1.82) is 0 Å². The molecular weight excluding hydrogens is 384 g/mol. The average Bonchev–Trinajstić information content (AvgIpc) is 2.56. The summed E-state index contributed by atoms with van der Waals surface area (Å²) in [5.74, 6) is 0. The lowest BCUT2D eigenvalue weighted by Crippen LogP contribution is -2.13. The fraction of sp³-hybridized carbons (Fsp3) is 0.250. The van der Waals surface area contributed by atoms with E-state index in [1.807, 2.05) is 6.07 Å². The van der Waals surface area contributed by atoms with E-state index in [0.717, 1.165) is 11.1 Å². The Balaban J connectivity index is 2.18. The van der Waals surface area contributed by atoms with Crippen LogP contribution < -0.4 is 5.14 Å². The van der Waals surface area contributed by atoms with Crippen LogP contribution in [0.4, 0.5) is 0 Å². The van der Waals surface area contributed by atoms with E-state index in [2.05, 4.69) is 4.84 Å². The van der Waals surface area contributed by atoms with Gasteiger partial charge in [0.05, 0.1) is 18.1 Å². The second kappa shape index (κ2) is 8.95. The molecule has 0 aromatic heterocycles. The van der Waals surface area contributed by atoms with Gasteiger partial charge in [-0.15, -0.1) is 10.1 Å². The number of halogens is 1. The molecule has 140 valence electrons. The Hall–Kier alpha value is -2.20. The van der Waals surface area contributed by atoms with Gasteiger partial charge in [-0.05, 0) is 47.4 Å². The molecule has 0 spiro atoms. The first-order chi connectivity index (χ1) is 12.3. The van der Waals surface area contributed by atoms with Gasteiger partial charge in [-0.2, -0.15) is 0 Å². The Labute approximate surface area is 155 Å². The Morgan fingerprint density at radius 1 is 1.15 bits per heavy atom. The minimum Gasteiger partial charge on any atom is -0.377 e. The van der Waals surface area contributed by atoms with E-state index in [1.54, 1.807) is 24.3 Å². The zero-order valence-corrected chi connectivity index (χ0v) is 15.2. The predicted octanol–water partition coefficient (Wildman–Crippen LogP) is 2.77. The maximum atomic E-state index is 11.6. The van der Waals surface area contributed by atoms with E-state index in [0.29, 0.717) is 17.0 Å². The smallest absolute Gasteiger partial charge is 0.294 e. The first-order valence-corrected chi connectivity index (χ1v) is 9.46. The molecule has 8 nitrogen and oxygen atoms in total. The lowest BCUT2D eigenvalue weighted by Gasteiger charge is -2.12. The molecule has 2 aromatic carbocycles. The number of nitrogens with zero attached hydrogens (tertiary/aromatic N) is 1. The summed E-state index contributed by atoms with van der Waals surface area (Å²) in [5.41, 5.74) is 2.16. The molecule has 0 amide bonds. The summed E-state index contributed by atoms with van der Waals surface area (Å²) >= 11 is 6.02. The van der Waals surface area contributed by atoms with Crippen LogP contribution in [-0.2, 0) is 26.2 Å². The molecule has 0 fully saturated rings. The summed E-state index contributed by atoms with van der Waals surface area (Å²) in [6, 6.07) is 11.6. The van der Waals surface area contributed by atoms with Crippen molar-refractivity contribution in [2.24, 2.45) is 5.14 Å². The van der Waals surface area contributed by atoms with E-state index >= 15 is 0 Å². The SMILES string of the molecule is NS(=O)(=O)c1ccc(-c2cccc(Cl)c2)c(COCCCO[N+](=O)[O-])c1. The van der Waals surface area contributed by atoms with Gasteiger partial charge >= 0.3 is 0 Å². The summed E-state index contributed by atoms with van der Waals surface area (Å²) in [5, 5.41) is 14.9. The molecule has 0 radical (unpaired) electrons. The van der Waals surface area contributed by atoms with Crippen LogP contribution in [0.25, 0.3) is 11.1 Å². The summed E-state index contributed by atoms with van der Waals surface area (Å²) in [4.78, 5) is 14.2. The summed E-state index contributed by atoms with van der Waals surface area (Å²) < 4.78 is 28.7. The van der Waals surface area contributed by atoms with Crippen molar-refractivity contribution in [3.8, 4) is 11.1 Å². The van der Waals surface area contributed by atoms with Gasteiger partial charge < -0.3 is 9.57 Å². The van der Waals surface area contributed by atoms with E-state index in [9.17, 15) is 18.5 Å². The van der Waals surface area contributed by atoms with Gasteiger partial charge in [0.2, 0.25) is 10.0 Å². The number of ether oxygens (including phenoxy) is 1. The van der Waals surface area contributed by atoms with Gasteiger partial charge in [0.15, 0.2) is 0 Å². The molecule has 2 N–H and O–H groups in total. The molecule has 0 aliphatic rings. The number of nitrogens with two attached hydrogens (primary N) is 1. The van der Waals surface area contributed by atoms with Crippen molar-refractivity contribution in [2.75, 3.05) is 13.2 Å². The molecule has 26 heavy (non-hydrogen) atoms. The average molecular weight is 401 g/mol. The fourth-order valence-corrected chi connectivity index (χ4v) is 3.04. The Morgan fingerprint density at radius 2 is 1.92 bits per heavy atom. The Kier molecular flexibility index (Phi) is 6.92. The van der Waals surface area contributed by atoms with Crippen LogP contribution in [0.3, 0.4) is 0 Å². The third kappa shape index (κ3) is 5.95. The number of hydrogen-bond donors (Lipinski definition) is 1. The largest absolute Gasteiger partial charge is 0.377 e. The molecule has 2 rings (SSSR count). The summed E-state index contributed by atoms with van der Waals surface area (Å²) in [6.45, 7) is 0.234. The minimum absolute atomic E-state index is 0.0291. The molecule has 0 bridgehead atoms. The number of benzene rings is 2. The van der Waals surface area contributed by atoms with Crippen molar-refractivity contribution >= 4 is 21.6 Å². The van der Waals surface area contributed by atoms with Crippen LogP contribution in [0, 0.1) is 10.1 Å². The van der Waals surface area contributed by atoms with Crippen molar-refractivity contribution in [3.05, 3.63) is 63.2 Å². The van der Waals surface area contributed by atoms with Crippen LogP contribution in [-0.4, -0.2) is 26.7 Å². The van der Waals surface area contributed by atoms with Crippen LogP contribution in [0.5, 0.6) is 0 Å². The van der Waals surface area contributed by atoms with E-state index < -0.39 is 15.1 Å². The predicted molar refractivity (Wildman–Crippen MR) is 95.5 cm³/mol. The maximum absolute atomic E-state index is 11.6. The highest BCUT2D eigenvalue weighted by atomic mass is 35.5. The van der Waals surface area contributed by atoms with Crippen molar-refractivity contribution < 1.29 is 23.1 Å². The quantitative estimate of drug-likeness (QED) is 0.392. The standard InChI is InChI=1S/C16H17ClN2O6S/c17-14-4-1-3-12(9-14)16-6-5-15(26(18,22)23)10-13(16)11-24-7-2-8-25-19(20)21/h1,3-6,9-10H,2,7-8,11H2,(H2,18,22,23). The van der Waals surface area contributed by atoms with E-state index in [-0.39, 0.29) is 24.7 Å². The van der Waals surface area contributed by atoms with Gasteiger partial charge in [-0.25, -0.2) is 13.6 Å². The lowest BCUT2D eigenvalue weighted by molar-refractivity contribution is -0.757. The second-order valence-corrected chi connectivity index (χ2v) is 7.34. The Morgan fingerprint density at radius 3 is 2.58 bits per heavy atom. The number of hydrogen-bond acceptors (Lipinski definition) is 6. The van der Waals surface area contributed by atoms with Crippen molar-refractivity contribution in [3.63, 3.8) is 0 Å². The number of primary sulfonamides is 1. The van der Waals surface area contributed by atoms with Crippen LogP contribution >= 0.6 is 11.6 Å². The first kappa shape index (κ1) is 20.1. The fourth-order valence-electron chi connectivity index (χ4n) is 2.29. The van der Waals surface area contributed by atoms with Crippen molar-refractivity contribution in [1.82, 2.24) is 0 Å². The van der Waals surface area contributed by atoms with Crippen LogP contribution in [0.15, 0.2) is 47.4 Å². The second-order valence-electron chi connectivity index (χ2n) is 5.34. The summed E-state index contributed by atoms with van der Waals surface area (Å²) in [7, 11) is -3.86. The topological polar surface area (TPSA) is 122 Å². The third-order valence-electron chi connectivity index (χ3n) is 3.43. The maximum Gasteiger partial charge on any atom is 0.294 e. The van der Waals surface area contributed by atoms with Gasteiger partial charge in [0.25, 0.3) is 5.09 Å².